The molecule has 0 fully saturated rings. The van der Waals surface area contributed by atoms with Crippen LogP contribution in [-0.2, 0) is 42.6 Å². The first-order chi connectivity index (χ1) is 11.7. The van der Waals surface area contributed by atoms with E-state index >= 15 is 0 Å². The number of ether oxygens (including phenoxy) is 1. The molecule has 0 aliphatic heterocycles. The monoisotopic (exact) mass is 413 g/mol. The number of likely N-dealkylation sites (N-methyl/N-ethyl adjacent to an activating group) is 1. The van der Waals surface area contributed by atoms with Crippen LogP contribution in [0.1, 0.15) is 58.3 Å². The quantitative estimate of drug-likeness (QED) is 0.124. The van der Waals surface area contributed by atoms with Gasteiger partial charge in [-0.2, -0.15) is 0 Å². The second-order valence-corrected chi connectivity index (χ2v) is 12.2. The minimum absolute atomic E-state index is 0.180. The third-order valence-corrected chi connectivity index (χ3v) is 5.85. The lowest BCUT2D eigenvalue weighted by molar-refractivity contribution is -0.870. The van der Waals surface area contributed by atoms with Gasteiger partial charge < -0.3 is 30.5 Å². The van der Waals surface area contributed by atoms with E-state index in [1.165, 1.54) is 32.1 Å². The van der Waals surface area contributed by atoms with E-state index in [-0.39, 0.29) is 19.2 Å². The molecule has 0 aliphatic carbocycles. The molecule has 150 valence electrons. The second kappa shape index (κ2) is 14.4. The second-order valence-electron chi connectivity index (χ2n) is 7.22. The Morgan fingerprint density at radius 2 is 1.52 bits per heavy atom. The van der Waals surface area contributed by atoms with Gasteiger partial charge in [0.2, 0.25) is 0 Å². The number of hydrogen-bond donors (Lipinski definition) is 0. The standard InChI is InChI=1S/C17H36NO4PS2/c1-5-6-7-8-9-10-11-12-17(19)20-15-16-22-23(24,25)21-14-13-18(2,3)4/h5-16H2,1-4H3. The van der Waals surface area contributed by atoms with Crippen molar-refractivity contribution in [2.75, 3.05) is 47.5 Å². The summed E-state index contributed by atoms with van der Waals surface area (Å²) in [5, 5.41) is 0. The number of nitrogens with zero attached hydrogens (tertiary/aromatic N) is 1. The van der Waals surface area contributed by atoms with Crippen LogP contribution in [0, 0.1) is 0 Å². The van der Waals surface area contributed by atoms with E-state index in [0.29, 0.717) is 13.0 Å². The first-order valence-corrected chi connectivity index (χ1v) is 12.9. The largest absolute Gasteiger partial charge is 0.691 e. The fourth-order valence-corrected chi connectivity index (χ4v) is 3.64. The molecule has 0 aliphatic rings. The molecule has 0 N–H and O–H groups in total. The summed E-state index contributed by atoms with van der Waals surface area (Å²) in [5.41, 5.74) is -2.66. The number of carbonyl (C=O) groups is 1. The normalized spacial score (nSPS) is 14.3. The zero-order valence-electron chi connectivity index (χ0n) is 16.3. The Bertz CT molecular complexity index is 403. The van der Waals surface area contributed by atoms with E-state index in [9.17, 15) is 4.79 Å². The fourth-order valence-electron chi connectivity index (χ4n) is 2.07. The maximum absolute atomic E-state index is 11.6. The highest BCUT2D eigenvalue weighted by atomic mass is 32.9. The van der Waals surface area contributed by atoms with Crippen LogP contribution < -0.4 is 0 Å². The molecule has 0 saturated carbocycles. The lowest BCUT2D eigenvalue weighted by Gasteiger charge is -2.30. The third kappa shape index (κ3) is 18.9. The highest BCUT2D eigenvalue weighted by Gasteiger charge is 2.09. The number of esters is 1. The van der Waals surface area contributed by atoms with E-state index in [4.69, 9.17) is 37.8 Å². The van der Waals surface area contributed by atoms with Crippen molar-refractivity contribution in [2.45, 2.75) is 58.3 Å². The number of rotatable bonds is 16. The summed E-state index contributed by atoms with van der Waals surface area (Å²) in [5.74, 6) is -0.180. The lowest BCUT2D eigenvalue weighted by Crippen LogP contribution is -2.37. The maximum Gasteiger partial charge on any atom is 0.305 e. The Morgan fingerprint density at radius 1 is 0.960 bits per heavy atom. The van der Waals surface area contributed by atoms with Gasteiger partial charge in [-0.25, -0.2) is 0 Å². The molecule has 0 aromatic carbocycles. The van der Waals surface area contributed by atoms with Crippen molar-refractivity contribution in [3.63, 3.8) is 0 Å². The van der Waals surface area contributed by atoms with Crippen LogP contribution in [0.2, 0.25) is 0 Å². The summed E-state index contributed by atoms with van der Waals surface area (Å²) < 4.78 is 16.8. The van der Waals surface area contributed by atoms with Gasteiger partial charge in [-0.3, -0.25) is 4.79 Å². The van der Waals surface area contributed by atoms with Crippen LogP contribution in [0.4, 0.5) is 0 Å². The fraction of sp³-hybridized carbons (Fsp3) is 0.941. The van der Waals surface area contributed by atoms with E-state index < -0.39 is 5.69 Å². The van der Waals surface area contributed by atoms with Crippen LogP contribution in [-0.4, -0.2) is 58.0 Å². The average molecular weight is 414 g/mol. The van der Waals surface area contributed by atoms with Crippen LogP contribution in [0.25, 0.3) is 0 Å². The first kappa shape index (κ1) is 25.4. The molecule has 0 bridgehead atoms. The van der Waals surface area contributed by atoms with Crippen molar-refractivity contribution in [1.82, 2.24) is 0 Å². The molecule has 0 aromatic rings. The molecule has 0 saturated heterocycles. The SMILES string of the molecule is CCCCCCCCCC(=O)OCCOP(=S)([S-])OCC[N+](C)(C)C. The van der Waals surface area contributed by atoms with Gasteiger partial charge in [-0.1, -0.05) is 57.3 Å². The Hall–Kier alpha value is 0.350. The molecule has 0 spiro atoms. The summed E-state index contributed by atoms with van der Waals surface area (Å²) in [6.07, 6.45) is 8.75. The predicted molar refractivity (Wildman–Crippen MR) is 110 cm³/mol. The van der Waals surface area contributed by atoms with E-state index in [1.54, 1.807) is 0 Å². The Morgan fingerprint density at radius 3 is 2.12 bits per heavy atom. The molecule has 0 heterocycles. The van der Waals surface area contributed by atoms with E-state index in [2.05, 4.69) is 28.1 Å². The Balaban J connectivity index is 3.59. The molecule has 0 radical (unpaired) electrons. The van der Waals surface area contributed by atoms with Gasteiger partial charge in [-0.15, -0.1) is 0 Å². The summed E-state index contributed by atoms with van der Waals surface area (Å²) in [7, 11) is 6.21. The Kier molecular flexibility index (Phi) is 14.6. The maximum atomic E-state index is 11.6. The van der Waals surface area contributed by atoms with Crippen molar-refractivity contribution in [2.24, 2.45) is 0 Å². The highest BCUT2D eigenvalue weighted by molar-refractivity contribution is 8.51. The number of carbonyl (C=O) groups excluding carboxylic acids is 1. The van der Waals surface area contributed by atoms with Gasteiger partial charge in [0, 0.05) is 6.42 Å². The molecule has 1 atom stereocenters. The van der Waals surface area contributed by atoms with Crippen LogP contribution in [0.5, 0.6) is 0 Å². The smallest absolute Gasteiger partial charge is 0.305 e. The van der Waals surface area contributed by atoms with Gasteiger partial charge in [0.1, 0.15) is 19.8 Å². The molecule has 0 amide bonds. The molecule has 8 heteroatoms. The van der Waals surface area contributed by atoms with Crippen molar-refractivity contribution >= 4 is 35.7 Å². The number of quaternary nitrogens is 1. The number of hydrogen-bond acceptors (Lipinski definition) is 6. The molecule has 0 rings (SSSR count). The van der Waals surface area contributed by atoms with Crippen LogP contribution >= 0.6 is 5.69 Å². The first-order valence-electron chi connectivity index (χ1n) is 9.22. The topological polar surface area (TPSA) is 44.8 Å². The lowest BCUT2D eigenvalue weighted by atomic mass is 10.1. The van der Waals surface area contributed by atoms with Crippen molar-refractivity contribution in [3.8, 4) is 0 Å². The molecular weight excluding hydrogens is 377 g/mol. The zero-order chi connectivity index (χ0) is 19.2. The van der Waals surface area contributed by atoms with Gasteiger partial charge in [0.15, 0.2) is 0 Å². The molecular formula is C17H36NO4PS2. The summed E-state index contributed by atoms with van der Waals surface area (Å²) in [4.78, 5) is 11.6. The zero-order valence-corrected chi connectivity index (χ0v) is 18.9. The third-order valence-electron chi connectivity index (χ3n) is 3.59. The van der Waals surface area contributed by atoms with Crippen LogP contribution in [0.15, 0.2) is 0 Å². The van der Waals surface area contributed by atoms with Gasteiger partial charge in [0.05, 0.1) is 33.4 Å². The van der Waals surface area contributed by atoms with E-state index in [1.807, 2.05) is 0 Å². The van der Waals surface area contributed by atoms with Gasteiger partial charge >= 0.3 is 5.97 Å². The van der Waals surface area contributed by atoms with Gasteiger partial charge in [0.25, 0.3) is 0 Å². The Labute approximate surface area is 164 Å². The molecule has 0 aromatic heterocycles. The summed E-state index contributed by atoms with van der Waals surface area (Å²) in [6.45, 7) is 3.88. The van der Waals surface area contributed by atoms with E-state index in [0.717, 1.165) is 23.9 Å². The predicted octanol–water partition coefficient (Wildman–Crippen LogP) is 4.18. The molecule has 5 nitrogen and oxygen atoms in total. The average Bonchev–Trinajstić information content (AvgIpc) is 2.49. The summed E-state index contributed by atoms with van der Waals surface area (Å²) >= 11 is 10.3. The van der Waals surface area contributed by atoms with Crippen molar-refractivity contribution in [3.05, 3.63) is 0 Å². The minimum Gasteiger partial charge on any atom is -0.691 e. The van der Waals surface area contributed by atoms with Crippen molar-refractivity contribution in [1.29, 1.82) is 0 Å². The number of unbranched alkanes of at least 4 members (excludes halogenated alkanes) is 6. The highest BCUT2D eigenvalue weighted by Crippen LogP contribution is 2.45. The molecule has 1 unspecified atom stereocenters. The van der Waals surface area contributed by atoms with Crippen molar-refractivity contribution < 1.29 is 23.1 Å². The van der Waals surface area contributed by atoms with Gasteiger partial charge in [-0.05, 0) is 6.42 Å². The summed E-state index contributed by atoms with van der Waals surface area (Å²) in [6, 6.07) is 0. The van der Waals surface area contributed by atoms with Crippen LogP contribution in [0.3, 0.4) is 0 Å². The minimum atomic E-state index is -2.66. The molecule has 25 heavy (non-hydrogen) atoms.